The first-order valence-electron chi connectivity index (χ1n) is 7.93. The Labute approximate surface area is 149 Å². The normalized spacial score (nSPS) is 10.6. The molecule has 0 saturated carbocycles. The van der Waals surface area contributed by atoms with E-state index >= 15 is 0 Å². The Morgan fingerprint density at radius 1 is 1.12 bits per heavy atom. The third-order valence-corrected chi connectivity index (χ3v) is 3.95. The second-order valence-corrected chi connectivity index (χ2v) is 5.84. The molecular formula is C18H17ClN4O2. The summed E-state index contributed by atoms with van der Waals surface area (Å²) in [4.78, 5) is 29.2. The summed E-state index contributed by atoms with van der Waals surface area (Å²) >= 11 is 6.08. The number of pyridine rings is 1. The third kappa shape index (κ3) is 3.49. The minimum atomic E-state index is -0.425. The van der Waals surface area contributed by atoms with Crippen LogP contribution in [0.25, 0.3) is 5.52 Å². The van der Waals surface area contributed by atoms with E-state index in [-0.39, 0.29) is 17.4 Å². The minimum absolute atomic E-state index is 0.169. The van der Waals surface area contributed by atoms with Gasteiger partial charge in [0.25, 0.3) is 11.8 Å². The molecular weight excluding hydrogens is 340 g/mol. The highest BCUT2D eigenvalue weighted by atomic mass is 35.5. The van der Waals surface area contributed by atoms with Gasteiger partial charge in [-0.3, -0.25) is 14.0 Å². The molecule has 0 saturated heterocycles. The van der Waals surface area contributed by atoms with Gasteiger partial charge in [-0.15, -0.1) is 0 Å². The van der Waals surface area contributed by atoms with Crippen LogP contribution in [-0.2, 0) is 0 Å². The molecule has 3 aromatic rings. The van der Waals surface area contributed by atoms with E-state index in [0.717, 1.165) is 6.42 Å². The van der Waals surface area contributed by atoms with Gasteiger partial charge in [-0.25, -0.2) is 4.98 Å². The highest BCUT2D eigenvalue weighted by Gasteiger charge is 2.21. The number of rotatable bonds is 5. The van der Waals surface area contributed by atoms with Crippen LogP contribution in [0, 0.1) is 0 Å². The van der Waals surface area contributed by atoms with E-state index in [0.29, 0.717) is 22.8 Å². The number of imidazole rings is 1. The number of anilines is 1. The number of carbonyl (C=O) groups is 2. The molecule has 0 aliphatic heterocycles. The van der Waals surface area contributed by atoms with Crippen molar-refractivity contribution in [2.75, 3.05) is 11.9 Å². The summed E-state index contributed by atoms with van der Waals surface area (Å²) in [5, 5.41) is 5.94. The number of amides is 2. The number of para-hydroxylation sites is 1. The van der Waals surface area contributed by atoms with E-state index < -0.39 is 5.91 Å². The van der Waals surface area contributed by atoms with Crippen LogP contribution < -0.4 is 10.6 Å². The van der Waals surface area contributed by atoms with Gasteiger partial charge in [0.05, 0.1) is 16.2 Å². The van der Waals surface area contributed by atoms with Crippen LogP contribution in [0.1, 0.15) is 34.5 Å². The van der Waals surface area contributed by atoms with Crippen molar-refractivity contribution in [3.8, 4) is 0 Å². The summed E-state index contributed by atoms with van der Waals surface area (Å²) in [6.07, 6.45) is 2.52. The van der Waals surface area contributed by atoms with E-state index in [1.807, 2.05) is 6.92 Å². The van der Waals surface area contributed by atoms with Gasteiger partial charge in [-0.1, -0.05) is 36.7 Å². The average molecular weight is 357 g/mol. The van der Waals surface area contributed by atoms with Crippen molar-refractivity contribution in [1.82, 2.24) is 14.7 Å². The van der Waals surface area contributed by atoms with Crippen molar-refractivity contribution in [2.45, 2.75) is 13.3 Å². The van der Waals surface area contributed by atoms with E-state index in [1.54, 1.807) is 53.1 Å². The lowest BCUT2D eigenvalue weighted by Crippen LogP contribution is -2.26. The Hall–Kier alpha value is -2.86. The van der Waals surface area contributed by atoms with Gasteiger partial charge in [0.2, 0.25) is 5.82 Å². The first kappa shape index (κ1) is 17.0. The predicted molar refractivity (Wildman–Crippen MR) is 97.2 cm³/mol. The molecule has 0 radical (unpaired) electrons. The zero-order chi connectivity index (χ0) is 17.8. The molecule has 2 heterocycles. The zero-order valence-corrected chi connectivity index (χ0v) is 14.4. The van der Waals surface area contributed by atoms with Crippen molar-refractivity contribution >= 4 is 34.6 Å². The summed E-state index contributed by atoms with van der Waals surface area (Å²) in [5.74, 6) is -0.570. The molecule has 6 nitrogen and oxygen atoms in total. The SMILES string of the molecule is CCCNC(=O)c1nc(C(=O)Nc2ccccc2Cl)c2ccccn12. The fourth-order valence-corrected chi connectivity index (χ4v) is 2.61. The van der Waals surface area contributed by atoms with Crippen molar-refractivity contribution in [3.05, 3.63) is 65.2 Å². The number of nitrogens with zero attached hydrogens (tertiary/aromatic N) is 2. The molecule has 0 fully saturated rings. The number of aromatic nitrogens is 2. The molecule has 0 aliphatic carbocycles. The number of hydrogen-bond acceptors (Lipinski definition) is 3. The third-order valence-electron chi connectivity index (χ3n) is 3.62. The Balaban J connectivity index is 1.97. The molecule has 0 unspecified atom stereocenters. The maximum atomic E-state index is 12.7. The number of carbonyl (C=O) groups excluding carboxylic acids is 2. The van der Waals surface area contributed by atoms with Crippen LogP contribution in [0.2, 0.25) is 5.02 Å². The van der Waals surface area contributed by atoms with Gasteiger partial charge in [-0.05, 0) is 30.7 Å². The van der Waals surface area contributed by atoms with E-state index in [1.165, 1.54) is 0 Å². The first-order chi connectivity index (χ1) is 12.1. The number of halogens is 1. The molecule has 2 N–H and O–H groups in total. The summed E-state index contributed by atoms with van der Waals surface area (Å²) < 4.78 is 1.60. The van der Waals surface area contributed by atoms with Gasteiger partial charge in [0.15, 0.2) is 5.69 Å². The zero-order valence-electron chi connectivity index (χ0n) is 13.6. The predicted octanol–water partition coefficient (Wildman–Crippen LogP) is 3.38. The summed E-state index contributed by atoms with van der Waals surface area (Å²) in [5.41, 5.74) is 1.21. The molecule has 0 spiro atoms. The standard InChI is InChI=1S/C18H17ClN4O2/c1-2-10-20-18(25)16-22-15(14-9-5-6-11-23(14)16)17(24)21-13-8-4-3-7-12(13)19/h3-9,11H,2,10H2,1H3,(H,20,25)(H,21,24). The maximum Gasteiger partial charge on any atom is 0.287 e. The molecule has 3 rings (SSSR count). The number of benzene rings is 1. The van der Waals surface area contributed by atoms with Crippen LogP contribution >= 0.6 is 11.6 Å². The molecule has 25 heavy (non-hydrogen) atoms. The molecule has 0 atom stereocenters. The summed E-state index contributed by atoms with van der Waals surface area (Å²) in [6, 6.07) is 12.2. The molecule has 0 aliphatic rings. The van der Waals surface area contributed by atoms with Crippen molar-refractivity contribution in [1.29, 1.82) is 0 Å². The van der Waals surface area contributed by atoms with Gasteiger partial charge in [0.1, 0.15) is 0 Å². The Bertz CT molecular complexity index is 936. The summed E-state index contributed by atoms with van der Waals surface area (Å²) in [7, 11) is 0. The second kappa shape index (κ2) is 7.36. The van der Waals surface area contributed by atoms with Crippen LogP contribution in [0.5, 0.6) is 0 Å². The van der Waals surface area contributed by atoms with Crippen LogP contribution in [-0.4, -0.2) is 27.7 Å². The molecule has 0 bridgehead atoms. The molecule has 2 aromatic heterocycles. The van der Waals surface area contributed by atoms with Crippen LogP contribution in [0.4, 0.5) is 5.69 Å². The van der Waals surface area contributed by atoms with Crippen LogP contribution in [0.15, 0.2) is 48.7 Å². The molecule has 128 valence electrons. The minimum Gasteiger partial charge on any atom is -0.349 e. The number of fused-ring (bicyclic) bond motifs is 1. The quantitative estimate of drug-likeness (QED) is 0.735. The molecule has 7 heteroatoms. The van der Waals surface area contributed by atoms with Gasteiger partial charge >= 0.3 is 0 Å². The highest BCUT2D eigenvalue weighted by Crippen LogP contribution is 2.22. The Morgan fingerprint density at radius 2 is 1.88 bits per heavy atom. The van der Waals surface area contributed by atoms with E-state index in [9.17, 15) is 9.59 Å². The summed E-state index contributed by atoms with van der Waals surface area (Å²) in [6.45, 7) is 2.51. The van der Waals surface area contributed by atoms with Crippen molar-refractivity contribution in [2.24, 2.45) is 0 Å². The fourth-order valence-electron chi connectivity index (χ4n) is 2.43. The van der Waals surface area contributed by atoms with Crippen molar-refractivity contribution in [3.63, 3.8) is 0 Å². The van der Waals surface area contributed by atoms with Gasteiger partial charge in [-0.2, -0.15) is 0 Å². The largest absolute Gasteiger partial charge is 0.349 e. The van der Waals surface area contributed by atoms with E-state index in [4.69, 9.17) is 11.6 Å². The lowest BCUT2D eigenvalue weighted by atomic mass is 10.3. The smallest absolute Gasteiger partial charge is 0.287 e. The molecule has 2 amide bonds. The lowest BCUT2D eigenvalue weighted by molar-refractivity contribution is 0.0942. The number of hydrogen-bond donors (Lipinski definition) is 2. The maximum absolute atomic E-state index is 12.7. The molecule has 1 aromatic carbocycles. The fraction of sp³-hybridized carbons (Fsp3) is 0.167. The van der Waals surface area contributed by atoms with Crippen LogP contribution in [0.3, 0.4) is 0 Å². The van der Waals surface area contributed by atoms with E-state index in [2.05, 4.69) is 15.6 Å². The second-order valence-electron chi connectivity index (χ2n) is 5.43. The number of nitrogens with one attached hydrogen (secondary N) is 2. The van der Waals surface area contributed by atoms with Gasteiger partial charge < -0.3 is 10.6 Å². The Kier molecular flexibility index (Phi) is 5.00. The average Bonchev–Trinajstić information content (AvgIpc) is 3.01. The van der Waals surface area contributed by atoms with Gasteiger partial charge in [0, 0.05) is 12.7 Å². The lowest BCUT2D eigenvalue weighted by Gasteiger charge is -2.05. The highest BCUT2D eigenvalue weighted by molar-refractivity contribution is 6.34. The first-order valence-corrected chi connectivity index (χ1v) is 8.30. The van der Waals surface area contributed by atoms with Crippen molar-refractivity contribution < 1.29 is 9.59 Å². The monoisotopic (exact) mass is 356 g/mol. The Morgan fingerprint density at radius 3 is 2.64 bits per heavy atom. The topological polar surface area (TPSA) is 75.5 Å².